The molecule has 18 heavy (non-hydrogen) atoms. The van der Waals surface area contributed by atoms with Crippen LogP contribution in [0, 0.1) is 0 Å². The van der Waals surface area contributed by atoms with Crippen LogP contribution in [0.15, 0.2) is 18.2 Å². The zero-order chi connectivity index (χ0) is 13.8. The van der Waals surface area contributed by atoms with E-state index in [9.17, 15) is 5.11 Å². The SMILES string of the molecule is CCN(CCO)Cc1ccc(O)c(C(C)(C)C)c1. The highest BCUT2D eigenvalue weighted by atomic mass is 16.3. The summed E-state index contributed by atoms with van der Waals surface area (Å²) in [4.78, 5) is 2.18. The van der Waals surface area contributed by atoms with Crippen molar-refractivity contribution in [3.8, 4) is 5.75 Å². The Morgan fingerprint density at radius 1 is 1.22 bits per heavy atom. The summed E-state index contributed by atoms with van der Waals surface area (Å²) in [5, 5.41) is 18.9. The predicted octanol–water partition coefficient (Wildman–Crippen LogP) is 2.50. The second-order valence-corrected chi connectivity index (χ2v) is 5.69. The monoisotopic (exact) mass is 251 g/mol. The molecule has 0 fully saturated rings. The summed E-state index contributed by atoms with van der Waals surface area (Å²) < 4.78 is 0. The number of benzene rings is 1. The second kappa shape index (κ2) is 6.21. The van der Waals surface area contributed by atoms with Crippen molar-refractivity contribution in [3.05, 3.63) is 29.3 Å². The van der Waals surface area contributed by atoms with Crippen LogP contribution < -0.4 is 0 Å². The van der Waals surface area contributed by atoms with E-state index in [0.717, 1.165) is 18.7 Å². The summed E-state index contributed by atoms with van der Waals surface area (Å²) in [5.74, 6) is 0.358. The molecule has 1 aromatic carbocycles. The molecule has 3 nitrogen and oxygen atoms in total. The van der Waals surface area contributed by atoms with Crippen molar-refractivity contribution in [1.82, 2.24) is 4.90 Å². The molecule has 0 aliphatic heterocycles. The number of aromatic hydroxyl groups is 1. The Hall–Kier alpha value is -1.06. The molecule has 0 saturated carbocycles. The van der Waals surface area contributed by atoms with E-state index in [2.05, 4.69) is 38.7 Å². The number of hydrogen-bond acceptors (Lipinski definition) is 3. The Morgan fingerprint density at radius 3 is 2.39 bits per heavy atom. The standard InChI is InChI=1S/C15H25NO2/c1-5-16(8-9-17)11-12-6-7-14(18)13(10-12)15(2,3)4/h6-7,10,17-18H,5,8-9,11H2,1-4H3. The maximum atomic E-state index is 9.91. The maximum Gasteiger partial charge on any atom is 0.119 e. The van der Waals surface area contributed by atoms with Crippen LogP contribution in [0.5, 0.6) is 5.75 Å². The van der Waals surface area contributed by atoms with Crippen molar-refractivity contribution in [2.45, 2.75) is 39.7 Å². The number of nitrogens with zero attached hydrogens (tertiary/aromatic N) is 1. The summed E-state index contributed by atoms with van der Waals surface area (Å²) in [6.07, 6.45) is 0. The summed E-state index contributed by atoms with van der Waals surface area (Å²) in [5.41, 5.74) is 2.08. The van der Waals surface area contributed by atoms with Crippen molar-refractivity contribution >= 4 is 0 Å². The number of phenolic OH excluding ortho intramolecular Hbond substituents is 1. The fraction of sp³-hybridized carbons (Fsp3) is 0.600. The van der Waals surface area contributed by atoms with Crippen molar-refractivity contribution in [2.24, 2.45) is 0 Å². The molecule has 0 spiro atoms. The minimum absolute atomic E-state index is 0.0614. The third-order valence-electron chi connectivity index (χ3n) is 3.14. The van der Waals surface area contributed by atoms with E-state index in [1.807, 2.05) is 6.07 Å². The summed E-state index contributed by atoms with van der Waals surface area (Å²) in [6, 6.07) is 5.78. The van der Waals surface area contributed by atoms with Crippen LogP contribution in [0.25, 0.3) is 0 Å². The summed E-state index contributed by atoms with van der Waals surface area (Å²) >= 11 is 0. The molecule has 0 aliphatic carbocycles. The fourth-order valence-corrected chi connectivity index (χ4v) is 2.03. The minimum atomic E-state index is -0.0614. The average Bonchev–Trinajstić information content (AvgIpc) is 2.29. The first-order chi connectivity index (χ1) is 8.38. The lowest BCUT2D eigenvalue weighted by atomic mass is 9.85. The quantitative estimate of drug-likeness (QED) is 0.845. The van der Waals surface area contributed by atoms with Gasteiger partial charge in [0.25, 0.3) is 0 Å². The molecule has 3 heteroatoms. The smallest absolute Gasteiger partial charge is 0.119 e. The molecule has 0 bridgehead atoms. The van der Waals surface area contributed by atoms with Crippen molar-refractivity contribution in [3.63, 3.8) is 0 Å². The van der Waals surface area contributed by atoms with Crippen molar-refractivity contribution in [1.29, 1.82) is 0 Å². The van der Waals surface area contributed by atoms with E-state index in [1.54, 1.807) is 6.07 Å². The number of aliphatic hydroxyl groups excluding tert-OH is 1. The first-order valence-corrected chi connectivity index (χ1v) is 6.54. The van der Waals surface area contributed by atoms with E-state index in [-0.39, 0.29) is 12.0 Å². The van der Waals surface area contributed by atoms with Crippen LogP contribution in [0.3, 0.4) is 0 Å². The number of rotatable bonds is 5. The van der Waals surface area contributed by atoms with Crippen LogP contribution in [-0.4, -0.2) is 34.8 Å². The Kier molecular flexibility index (Phi) is 5.17. The van der Waals surface area contributed by atoms with Gasteiger partial charge in [-0.3, -0.25) is 4.90 Å². The van der Waals surface area contributed by atoms with E-state index < -0.39 is 0 Å². The van der Waals surface area contributed by atoms with Gasteiger partial charge in [-0.15, -0.1) is 0 Å². The Balaban J connectivity index is 2.91. The van der Waals surface area contributed by atoms with Gasteiger partial charge in [0.15, 0.2) is 0 Å². The largest absolute Gasteiger partial charge is 0.508 e. The first-order valence-electron chi connectivity index (χ1n) is 6.54. The lowest BCUT2D eigenvalue weighted by molar-refractivity contribution is 0.196. The molecule has 1 aromatic rings. The van der Waals surface area contributed by atoms with Gasteiger partial charge in [0.1, 0.15) is 5.75 Å². The topological polar surface area (TPSA) is 43.7 Å². The average molecular weight is 251 g/mol. The molecule has 102 valence electrons. The van der Waals surface area contributed by atoms with Gasteiger partial charge in [-0.05, 0) is 29.2 Å². The van der Waals surface area contributed by atoms with E-state index >= 15 is 0 Å². The zero-order valence-corrected chi connectivity index (χ0v) is 11.9. The van der Waals surface area contributed by atoms with Gasteiger partial charge in [-0.2, -0.15) is 0 Å². The van der Waals surface area contributed by atoms with Crippen LogP contribution in [-0.2, 0) is 12.0 Å². The number of aliphatic hydroxyl groups is 1. The lowest BCUT2D eigenvalue weighted by Gasteiger charge is -2.23. The fourth-order valence-electron chi connectivity index (χ4n) is 2.03. The predicted molar refractivity (Wildman–Crippen MR) is 74.8 cm³/mol. The zero-order valence-electron chi connectivity index (χ0n) is 11.9. The summed E-state index contributed by atoms with van der Waals surface area (Å²) in [7, 11) is 0. The molecule has 0 unspecified atom stereocenters. The second-order valence-electron chi connectivity index (χ2n) is 5.69. The number of likely N-dealkylation sites (N-methyl/N-ethyl adjacent to an activating group) is 1. The van der Waals surface area contributed by atoms with E-state index in [1.165, 1.54) is 5.56 Å². The van der Waals surface area contributed by atoms with Gasteiger partial charge in [0.2, 0.25) is 0 Å². The van der Waals surface area contributed by atoms with Gasteiger partial charge in [-0.25, -0.2) is 0 Å². The van der Waals surface area contributed by atoms with Gasteiger partial charge in [0, 0.05) is 13.1 Å². The van der Waals surface area contributed by atoms with Crippen LogP contribution in [0.1, 0.15) is 38.8 Å². The van der Waals surface area contributed by atoms with Crippen molar-refractivity contribution < 1.29 is 10.2 Å². The maximum absolute atomic E-state index is 9.91. The summed E-state index contributed by atoms with van der Waals surface area (Å²) in [6.45, 7) is 10.9. The third kappa shape index (κ3) is 4.00. The van der Waals surface area contributed by atoms with Crippen molar-refractivity contribution in [2.75, 3.05) is 19.7 Å². The Labute approximate surface area is 110 Å². The van der Waals surface area contributed by atoms with Gasteiger partial charge >= 0.3 is 0 Å². The molecular formula is C15H25NO2. The molecule has 0 amide bonds. The Morgan fingerprint density at radius 2 is 1.89 bits per heavy atom. The molecule has 0 heterocycles. The molecule has 0 aromatic heterocycles. The lowest BCUT2D eigenvalue weighted by Crippen LogP contribution is -2.26. The van der Waals surface area contributed by atoms with Gasteiger partial charge in [0.05, 0.1) is 6.61 Å². The number of hydrogen-bond donors (Lipinski definition) is 2. The van der Waals surface area contributed by atoms with Gasteiger partial charge < -0.3 is 10.2 Å². The molecule has 0 atom stereocenters. The molecular weight excluding hydrogens is 226 g/mol. The minimum Gasteiger partial charge on any atom is -0.508 e. The Bertz CT molecular complexity index is 383. The third-order valence-corrected chi connectivity index (χ3v) is 3.14. The molecule has 2 N–H and O–H groups in total. The van der Waals surface area contributed by atoms with E-state index in [0.29, 0.717) is 12.3 Å². The molecule has 0 radical (unpaired) electrons. The van der Waals surface area contributed by atoms with Crippen LogP contribution in [0.2, 0.25) is 0 Å². The molecule has 1 rings (SSSR count). The van der Waals surface area contributed by atoms with Crippen LogP contribution >= 0.6 is 0 Å². The van der Waals surface area contributed by atoms with E-state index in [4.69, 9.17) is 5.11 Å². The first kappa shape index (κ1) is 15.0. The number of phenols is 1. The van der Waals surface area contributed by atoms with Gasteiger partial charge in [-0.1, -0.05) is 39.8 Å². The molecule has 0 aliphatic rings. The van der Waals surface area contributed by atoms with Crippen LogP contribution in [0.4, 0.5) is 0 Å². The highest BCUT2D eigenvalue weighted by molar-refractivity contribution is 5.40. The molecule has 0 saturated heterocycles. The normalized spacial score (nSPS) is 12.1. The highest BCUT2D eigenvalue weighted by Crippen LogP contribution is 2.31. The highest BCUT2D eigenvalue weighted by Gasteiger charge is 2.18.